The van der Waals surface area contributed by atoms with E-state index in [1.165, 1.54) is 0 Å². The zero-order valence-corrected chi connectivity index (χ0v) is 14.3. The van der Waals surface area contributed by atoms with Crippen molar-refractivity contribution in [2.75, 3.05) is 31.6 Å². The minimum Gasteiger partial charge on any atom is -0.338 e. The Morgan fingerprint density at radius 3 is 2.87 bits per heavy atom. The predicted octanol–water partition coefficient (Wildman–Crippen LogP) is 1.90. The molecule has 3 fully saturated rings. The van der Waals surface area contributed by atoms with Gasteiger partial charge in [0.2, 0.25) is 5.91 Å². The standard InChI is InChI=1S/C17H23N3O2S/c1-23-9-7-16(21)20-11-13-5-6-14(20)12-19(10-13)17(22)15-4-2-3-8-18-15/h2-4,8,13-14H,5-7,9-12H2,1H3/t13-,14+/m0/s1. The molecule has 0 aromatic carbocycles. The Balaban J connectivity index is 1.71. The molecule has 1 aromatic rings. The van der Waals surface area contributed by atoms with Gasteiger partial charge in [-0.25, -0.2) is 0 Å². The molecule has 0 N–H and O–H groups in total. The van der Waals surface area contributed by atoms with Crippen molar-refractivity contribution in [3.8, 4) is 0 Å². The van der Waals surface area contributed by atoms with Crippen molar-refractivity contribution in [2.24, 2.45) is 5.92 Å². The van der Waals surface area contributed by atoms with Crippen molar-refractivity contribution < 1.29 is 9.59 Å². The average molecular weight is 333 g/mol. The van der Waals surface area contributed by atoms with Gasteiger partial charge in [0.1, 0.15) is 5.69 Å². The van der Waals surface area contributed by atoms with Crippen molar-refractivity contribution >= 4 is 23.6 Å². The topological polar surface area (TPSA) is 53.5 Å². The van der Waals surface area contributed by atoms with E-state index < -0.39 is 0 Å². The van der Waals surface area contributed by atoms with Crippen LogP contribution in [0.25, 0.3) is 0 Å². The molecule has 1 aromatic heterocycles. The van der Waals surface area contributed by atoms with Crippen LogP contribution < -0.4 is 0 Å². The lowest BCUT2D eigenvalue weighted by molar-refractivity contribution is -0.134. The highest BCUT2D eigenvalue weighted by atomic mass is 32.2. The Hall–Kier alpha value is -1.56. The third-order valence-electron chi connectivity index (χ3n) is 4.73. The van der Waals surface area contributed by atoms with E-state index >= 15 is 0 Å². The lowest BCUT2D eigenvalue weighted by atomic mass is 9.95. The number of fused-ring (bicyclic) bond motifs is 4. The Morgan fingerprint density at radius 1 is 1.26 bits per heavy atom. The first kappa shape index (κ1) is 16.3. The van der Waals surface area contributed by atoms with Gasteiger partial charge in [0.25, 0.3) is 5.91 Å². The van der Waals surface area contributed by atoms with Gasteiger partial charge in [-0.05, 0) is 37.1 Å². The van der Waals surface area contributed by atoms with Crippen LogP contribution in [0, 0.1) is 5.92 Å². The molecule has 0 unspecified atom stereocenters. The first-order valence-corrected chi connectivity index (χ1v) is 9.57. The van der Waals surface area contributed by atoms with E-state index in [1.54, 1.807) is 24.0 Å². The average Bonchev–Trinajstić information content (AvgIpc) is 2.91. The molecule has 3 aliphatic heterocycles. The third-order valence-corrected chi connectivity index (χ3v) is 5.34. The molecule has 3 aliphatic rings. The fourth-order valence-corrected chi connectivity index (χ4v) is 3.92. The van der Waals surface area contributed by atoms with E-state index in [9.17, 15) is 9.59 Å². The summed E-state index contributed by atoms with van der Waals surface area (Å²) in [5.74, 6) is 1.48. The Kier molecular flexibility index (Phi) is 5.20. The minimum atomic E-state index is -0.0130. The smallest absolute Gasteiger partial charge is 0.272 e. The number of nitrogens with zero attached hydrogens (tertiary/aromatic N) is 3. The van der Waals surface area contributed by atoms with Gasteiger partial charge in [-0.1, -0.05) is 6.07 Å². The number of aromatic nitrogens is 1. The Morgan fingerprint density at radius 2 is 2.13 bits per heavy atom. The molecule has 2 bridgehead atoms. The quantitative estimate of drug-likeness (QED) is 0.844. The zero-order chi connectivity index (χ0) is 16.2. The fraction of sp³-hybridized carbons (Fsp3) is 0.588. The normalized spacial score (nSPS) is 23.7. The van der Waals surface area contributed by atoms with Gasteiger partial charge in [-0.2, -0.15) is 11.8 Å². The van der Waals surface area contributed by atoms with Crippen LogP contribution >= 0.6 is 11.8 Å². The maximum absolute atomic E-state index is 12.7. The molecule has 124 valence electrons. The summed E-state index contributed by atoms with van der Waals surface area (Å²) in [5.41, 5.74) is 0.494. The van der Waals surface area contributed by atoms with E-state index in [2.05, 4.69) is 4.98 Å². The Bertz CT molecular complexity index is 566. The fourth-order valence-electron chi connectivity index (χ4n) is 3.54. The van der Waals surface area contributed by atoms with Gasteiger partial charge in [-0.3, -0.25) is 14.6 Å². The summed E-state index contributed by atoms with van der Waals surface area (Å²) < 4.78 is 0. The summed E-state index contributed by atoms with van der Waals surface area (Å²) >= 11 is 1.70. The van der Waals surface area contributed by atoms with Gasteiger partial charge in [0.15, 0.2) is 0 Å². The molecule has 0 spiro atoms. The SMILES string of the molecule is CSCCC(=O)N1C[C@H]2CC[C@@H]1CN(C(=O)c1ccccn1)C2. The summed E-state index contributed by atoms with van der Waals surface area (Å²) in [5, 5.41) is 0. The summed E-state index contributed by atoms with van der Waals surface area (Å²) in [6.45, 7) is 2.17. The molecule has 2 atom stereocenters. The summed E-state index contributed by atoms with van der Waals surface area (Å²) in [6.07, 6.45) is 6.37. The van der Waals surface area contributed by atoms with Gasteiger partial charge < -0.3 is 9.80 Å². The number of carbonyl (C=O) groups excluding carboxylic acids is 2. The van der Waals surface area contributed by atoms with Crippen molar-refractivity contribution in [2.45, 2.75) is 25.3 Å². The number of hydrogen-bond donors (Lipinski definition) is 0. The van der Waals surface area contributed by atoms with E-state index in [4.69, 9.17) is 0 Å². The van der Waals surface area contributed by atoms with Crippen molar-refractivity contribution in [1.82, 2.24) is 14.8 Å². The second-order valence-corrected chi connectivity index (χ2v) is 7.30. The highest BCUT2D eigenvalue weighted by Crippen LogP contribution is 2.29. The van der Waals surface area contributed by atoms with Crippen LogP contribution in [0.4, 0.5) is 0 Å². The highest BCUT2D eigenvalue weighted by Gasteiger charge is 2.38. The number of rotatable bonds is 4. The third kappa shape index (κ3) is 3.68. The first-order chi connectivity index (χ1) is 11.2. The molecular formula is C17H23N3O2S. The molecule has 2 amide bonds. The zero-order valence-electron chi connectivity index (χ0n) is 13.5. The minimum absolute atomic E-state index is 0.0130. The van der Waals surface area contributed by atoms with E-state index in [0.29, 0.717) is 24.6 Å². The van der Waals surface area contributed by atoms with Gasteiger partial charge >= 0.3 is 0 Å². The molecule has 5 nitrogen and oxygen atoms in total. The van der Waals surface area contributed by atoms with Gasteiger partial charge in [0.05, 0.1) is 0 Å². The van der Waals surface area contributed by atoms with E-state index in [1.807, 2.05) is 28.2 Å². The van der Waals surface area contributed by atoms with Crippen molar-refractivity contribution in [3.05, 3.63) is 30.1 Å². The number of amides is 2. The maximum Gasteiger partial charge on any atom is 0.272 e. The lowest BCUT2D eigenvalue weighted by Crippen LogP contribution is -2.47. The van der Waals surface area contributed by atoms with Gasteiger partial charge in [0, 0.05) is 44.0 Å². The van der Waals surface area contributed by atoms with E-state index in [0.717, 1.165) is 31.7 Å². The summed E-state index contributed by atoms with van der Waals surface area (Å²) in [4.78, 5) is 33.2. The van der Waals surface area contributed by atoms with Crippen LogP contribution in [0.5, 0.6) is 0 Å². The van der Waals surface area contributed by atoms with Crippen molar-refractivity contribution in [3.63, 3.8) is 0 Å². The largest absolute Gasteiger partial charge is 0.338 e. The van der Waals surface area contributed by atoms with Crippen LogP contribution in [-0.2, 0) is 4.79 Å². The number of hydrogen-bond acceptors (Lipinski definition) is 4. The molecule has 0 aliphatic carbocycles. The van der Waals surface area contributed by atoms with Crippen LogP contribution in [0.2, 0.25) is 0 Å². The summed E-state index contributed by atoms with van der Waals surface area (Å²) in [6, 6.07) is 5.58. The first-order valence-electron chi connectivity index (χ1n) is 8.17. The number of thioether (sulfide) groups is 1. The predicted molar refractivity (Wildman–Crippen MR) is 91.4 cm³/mol. The van der Waals surface area contributed by atoms with Crippen LogP contribution in [0.3, 0.4) is 0 Å². The second-order valence-electron chi connectivity index (χ2n) is 6.31. The lowest BCUT2D eigenvalue weighted by Gasteiger charge is -2.36. The highest BCUT2D eigenvalue weighted by molar-refractivity contribution is 7.98. The Labute approximate surface area is 141 Å². The number of piperidine rings is 1. The molecular weight excluding hydrogens is 310 g/mol. The summed E-state index contributed by atoms with van der Waals surface area (Å²) in [7, 11) is 0. The van der Waals surface area contributed by atoms with Crippen LogP contribution in [0.1, 0.15) is 29.8 Å². The molecule has 4 rings (SSSR count). The molecule has 23 heavy (non-hydrogen) atoms. The van der Waals surface area contributed by atoms with Crippen molar-refractivity contribution in [1.29, 1.82) is 0 Å². The molecule has 6 heteroatoms. The monoisotopic (exact) mass is 333 g/mol. The van der Waals surface area contributed by atoms with E-state index in [-0.39, 0.29) is 17.9 Å². The molecule has 3 saturated heterocycles. The number of pyridine rings is 1. The maximum atomic E-state index is 12.7. The number of carbonyl (C=O) groups is 2. The molecule has 4 heterocycles. The van der Waals surface area contributed by atoms with Crippen LogP contribution in [0.15, 0.2) is 24.4 Å². The second kappa shape index (κ2) is 7.34. The van der Waals surface area contributed by atoms with Gasteiger partial charge in [-0.15, -0.1) is 0 Å². The van der Waals surface area contributed by atoms with Crippen LogP contribution in [-0.4, -0.2) is 64.3 Å². The molecule has 0 radical (unpaired) electrons. The molecule has 0 saturated carbocycles.